The Labute approximate surface area is 136 Å². The molecule has 1 amide bonds. The van der Waals surface area contributed by atoms with Crippen LogP contribution in [-0.4, -0.2) is 39.2 Å². The third-order valence-electron chi connectivity index (χ3n) is 4.43. The molecule has 0 radical (unpaired) electrons. The van der Waals surface area contributed by atoms with E-state index < -0.39 is 0 Å². The number of aromatic nitrogens is 3. The summed E-state index contributed by atoms with van der Waals surface area (Å²) < 4.78 is 15.8. The molecule has 24 heavy (non-hydrogen) atoms. The molecule has 1 saturated carbocycles. The third kappa shape index (κ3) is 2.22. The van der Waals surface area contributed by atoms with Gasteiger partial charge in [0, 0.05) is 25.1 Å². The Morgan fingerprint density at radius 1 is 1.17 bits per heavy atom. The van der Waals surface area contributed by atoms with Gasteiger partial charge in [0.15, 0.2) is 11.5 Å². The molecule has 0 N–H and O–H groups in total. The van der Waals surface area contributed by atoms with Crippen LogP contribution in [0.3, 0.4) is 0 Å². The first-order chi connectivity index (χ1) is 11.8. The number of furan rings is 1. The Morgan fingerprint density at radius 2 is 2.04 bits per heavy atom. The Hall–Kier alpha value is -2.90. The zero-order chi connectivity index (χ0) is 16.1. The molecule has 0 aromatic carbocycles. The Bertz CT molecular complexity index is 872. The molecule has 3 aromatic rings. The van der Waals surface area contributed by atoms with Gasteiger partial charge in [-0.1, -0.05) is 10.3 Å². The van der Waals surface area contributed by atoms with Crippen LogP contribution < -0.4 is 0 Å². The fourth-order valence-corrected chi connectivity index (χ4v) is 2.82. The normalized spacial score (nSPS) is 17.9. The Balaban J connectivity index is 1.24. The fourth-order valence-electron chi connectivity index (χ4n) is 2.82. The lowest BCUT2D eigenvalue weighted by Crippen LogP contribution is -2.48. The van der Waals surface area contributed by atoms with Crippen molar-refractivity contribution in [2.24, 2.45) is 0 Å². The second kappa shape index (κ2) is 5.05. The number of rotatable bonds is 4. The first-order valence-corrected chi connectivity index (χ1v) is 7.91. The lowest BCUT2D eigenvalue weighted by atomic mass is 9.99. The topological polar surface area (TPSA) is 98.4 Å². The van der Waals surface area contributed by atoms with E-state index in [1.807, 2.05) is 0 Å². The lowest BCUT2D eigenvalue weighted by molar-refractivity contribution is 0.0558. The smallest absolute Gasteiger partial charge is 0.276 e. The maximum Gasteiger partial charge on any atom is 0.276 e. The molecule has 0 spiro atoms. The molecular formula is C16H14N4O4. The van der Waals surface area contributed by atoms with Gasteiger partial charge in [-0.05, 0) is 25.0 Å². The van der Waals surface area contributed by atoms with E-state index in [4.69, 9.17) is 13.5 Å². The van der Waals surface area contributed by atoms with Crippen LogP contribution in [0.4, 0.5) is 0 Å². The molecule has 1 saturated heterocycles. The summed E-state index contributed by atoms with van der Waals surface area (Å²) in [6.07, 6.45) is 3.79. The van der Waals surface area contributed by atoms with Crippen LogP contribution >= 0.6 is 0 Å². The molecule has 3 aromatic heterocycles. The summed E-state index contributed by atoms with van der Waals surface area (Å²) in [4.78, 5) is 18.4. The van der Waals surface area contributed by atoms with Crippen molar-refractivity contribution in [3.8, 4) is 11.6 Å². The SMILES string of the molecule is O=C(c1cc(C2CC2)on1)N1CC(c2nc(-c3ccco3)no2)C1. The number of carbonyl (C=O) groups excluding carboxylic acids is 1. The van der Waals surface area contributed by atoms with Gasteiger partial charge in [-0.15, -0.1) is 0 Å². The molecule has 8 nitrogen and oxygen atoms in total. The van der Waals surface area contributed by atoms with Gasteiger partial charge in [-0.25, -0.2) is 0 Å². The molecule has 1 aliphatic carbocycles. The van der Waals surface area contributed by atoms with E-state index in [9.17, 15) is 4.79 Å². The van der Waals surface area contributed by atoms with Gasteiger partial charge in [0.25, 0.3) is 5.91 Å². The van der Waals surface area contributed by atoms with Crippen LogP contribution in [0.25, 0.3) is 11.6 Å². The standard InChI is InChI=1S/C16H14N4O4/c21-16(11-6-13(23-18-11)9-3-4-9)20-7-10(8-20)15-17-14(19-24-15)12-2-1-5-22-12/h1-2,5-6,9-10H,3-4,7-8H2. The Morgan fingerprint density at radius 3 is 2.79 bits per heavy atom. The number of hydrogen-bond donors (Lipinski definition) is 0. The zero-order valence-corrected chi connectivity index (χ0v) is 12.7. The third-order valence-corrected chi connectivity index (χ3v) is 4.43. The number of amides is 1. The average Bonchev–Trinajstić information content (AvgIpc) is 3.02. The van der Waals surface area contributed by atoms with E-state index in [0.29, 0.717) is 42.2 Å². The maximum atomic E-state index is 12.4. The van der Waals surface area contributed by atoms with Crippen molar-refractivity contribution in [3.05, 3.63) is 41.8 Å². The largest absolute Gasteiger partial charge is 0.461 e. The maximum absolute atomic E-state index is 12.4. The second-order valence-electron chi connectivity index (χ2n) is 6.23. The van der Waals surface area contributed by atoms with Crippen molar-refractivity contribution in [1.29, 1.82) is 0 Å². The van der Waals surface area contributed by atoms with Gasteiger partial charge >= 0.3 is 0 Å². The summed E-state index contributed by atoms with van der Waals surface area (Å²) >= 11 is 0. The molecule has 8 heteroatoms. The van der Waals surface area contributed by atoms with E-state index in [-0.39, 0.29) is 11.8 Å². The Kier molecular flexibility index (Phi) is 2.85. The van der Waals surface area contributed by atoms with Crippen LogP contribution in [0.15, 0.2) is 37.9 Å². The van der Waals surface area contributed by atoms with Gasteiger partial charge in [-0.2, -0.15) is 4.98 Å². The summed E-state index contributed by atoms with van der Waals surface area (Å²) in [5, 5.41) is 7.79. The molecule has 4 heterocycles. The van der Waals surface area contributed by atoms with E-state index >= 15 is 0 Å². The van der Waals surface area contributed by atoms with Crippen molar-refractivity contribution >= 4 is 5.91 Å². The van der Waals surface area contributed by atoms with E-state index in [1.165, 1.54) is 0 Å². The minimum Gasteiger partial charge on any atom is -0.461 e. The highest BCUT2D eigenvalue weighted by molar-refractivity contribution is 5.93. The zero-order valence-electron chi connectivity index (χ0n) is 12.7. The molecular weight excluding hydrogens is 312 g/mol. The highest BCUT2D eigenvalue weighted by atomic mass is 16.5. The van der Waals surface area contributed by atoms with Crippen LogP contribution in [0.1, 0.15) is 46.8 Å². The van der Waals surface area contributed by atoms with Gasteiger partial charge in [0.05, 0.1) is 12.2 Å². The van der Waals surface area contributed by atoms with Gasteiger partial charge in [0.1, 0.15) is 5.76 Å². The van der Waals surface area contributed by atoms with Gasteiger partial charge in [0.2, 0.25) is 11.7 Å². The minimum absolute atomic E-state index is 0.0416. The predicted octanol–water partition coefficient (Wildman–Crippen LogP) is 2.43. The highest BCUT2D eigenvalue weighted by Crippen LogP contribution is 2.40. The lowest BCUT2D eigenvalue weighted by Gasteiger charge is -2.36. The quantitative estimate of drug-likeness (QED) is 0.726. The van der Waals surface area contributed by atoms with E-state index in [0.717, 1.165) is 18.6 Å². The molecule has 0 atom stereocenters. The molecule has 0 unspecified atom stereocenters. The fraction of sp³-hybridized carbons (Fsp3) is 0.375. The molecule has 5 rings (SSSR count). The average molecular weight is 326 g/mol. The van der Waals surface area contributed by atoms with E-state index in [2.05, 4.69) is 15.3 Å². The monoisotopic (exact) mass is 326 g/mol. The molecule has 0 bridgehead atoms. The number of likely N-dealkylation sites (tertiary alicyclic amines) is 1. The minimum atomic E-state index is -0.118. The molecule has 2 fully saturated rings. The number of hydrogen-bond acceptors (Lipinski definition) is 7. The number of nitrogens with zero attached hydrogens (tertiary/aromatic N) is 4. The molecule has 1 aliphatic heterocycles. The molecule has 2 aliphatic rings. The van der Waals surface area contributed by atoms with Crippen molar-refractivity contribution in [2.45, 2.75) is 24.7 Å². The highest BCUT2D eigenvalue weighted by Gasteiger charge is 2.38. The predicted molar refractivity (Wildman–Crippen MR) is 79.1 cm³/mol. The van der Waals surface area contributed by atoms with Gasteiger partial charge < -0.3 is 18.4 Å². The first-order valence-electron chi connectivity index (χ1n) is 7.91. The first kappa shape index (κ1) is 13.5. The summed E-state index contributed by atoms with van der Waals surface area (Å²) in [6.45, 7) is 1.06. The van der Waals surface area contributed by atoms with Gasteiger partial charge in [-0.3, -0.25) is 4.79 Å². The van der Waals surface area contributed by atoms with Crippen molar-refractivity contribution in [1.82, 2.24) is 20.2 Å². The summed E-state index contributed by atoms with van der Waals surface area (Å²) in [5.41, 5.74) is 0.372. The van der Waals surface area contributed by atoms with Crippen LogP contribution in [-0.2, 0) is 0 Å². The summed E-state index contributed by atoms with van der Waals surface area (Å²) in [5.74, 6) is 2.69. The van der Waals surface area contributed by atoms with Crippen LogP contribution in [0.5, 0.6) is 0 Å². The van der Waals surface area contributed by atoms with Crippen molar-refractivity contribution < 1.29 is 18.3 Å². The van der Waals surface area contributed by atoms with E-state index in [1.54, 1.807) is 29.4 Å². The van der Waals surface area contributed by atoms with Crippen LogP contribution in [0, 0.1) is 0 Å². The summed E-state index contributed by atoms with van der Waals surface area (Å²) in [7, 11) is 0. The van der Waals surface area contributed by atoms with Crippen molar-refractivity contribution in [3.63, 3.8) is 0 Å². The van der Waals surface area contributed by atoms with Crippen molar-refractivity contribution in [2.75, 3.05) is 13.1 Å². The number of carbonyl (C=O) groups is 1. The molecule has 122 valence electrons. The summed E-state index contributed by atoms with van der Waals surface area (Å²) in [6, 6.07) is 5.30. The second-order valence-corrected chi connectivity index (χ2v) is 6.23. The van der Waals surface area contributed by atoms with Crippen LogP contribution in [0.2, 0.25) is 0 Å².